The highest BCUT2D eigenvalue weighted by Crippen LogP contribution is 2.31. The molecule has 0 saturated heterocycles. The number of unbranched alkanes of at least 4 members (excludes halogenated alkanes) is 2. The van der Waals surface area contributed by atoms with Crippen molar-refractivity contribution in [1.29, 1.82) is 0 Å². The summed E-state index contributed by atoms with van der Waals surface area (Å²) in [7, 11) is 4.99. The van der Waals surface area contributed by atoms with Crippen LogP contribution in [0.2, 0.25) is 0 Å². The van der Waals surface area contributed by atoms with Crippen LogP contribution >= 0.6 is 15.9 Å². The van der Waals surface area contributed by atoms with Crippen molar-refractivity contribution in [1.82, 2.24) is 20.9 Å². The van der Waals surface area contributed by atoms with Crippen LogP contribution in [0, 0.1) is 0 Å². The van der Waals surface area contributed by atoms with Gasteiger partial charge >= 0.3 is 29.8 Å². The van der Waals surface area contributed by atoms with Crippen LogP contribution < -0.4 is 69.5 Å². The maximum Gasteiger partial charge on any atom is 0.339 e. The Balaban J connectivity index is 0.0000112. The minimum atomic E-state index is -1.33. The smallest absolute Gasteiger partial charge is 0.339 e. The number of para-hydroxylation sites is 3. The first kappa shape index (κ1) is 69.4. The van der Waals surface area contributed by atoms with Crippen LogP contribution in [0.15, 0.2) is 71.2 Å². The highest BCUT2D eigenvalue weighted by Gasteiger charge is 2.28. The van der Waals surface area contributed by atoms with Crippen LogP contribution in [0.25, 0.3) is 0 Å². The summed E-state index contributed by atoms with van der Waals surface area (Å²) in [6.07, 6.45) is 1.63. The molecule has 0 bridgehead atoms. The van der Waals surface area contributed by atoms with E-state index in [2.05, 4.69) is 31.9 Å². The molecule has 4 aromatic rings. The molecule has 4 amide bonds. The van der Waals surface area contributed by atoms with Crippen LogP contribution in [0.4, 0.5) is 0 Å². The number of aromatic carboxylic acids is 4. The molecule has 0 radical (unpaired) electrons. The first-order valence-electron chi connectivity index (χ1n) is 25.1. The van der Waals surface area contributed by atoms with Crippen molar-refractivity contribution in [3.8, 4) is 23.0 Å². The second-order valence-electron chi connectivity index (χ2n) is 17.6. The molecule has 0 aliphatic carbocycles. The molecule has 442 valence electrons. The van der Waals surface area contributed by atoms with Crippen molar-refractivity contribution in [3.05, 3.63) is 116 Å². The molecule has 9 N–H and O–H groups in total. The number of halogens is 3. The van der Waals surface area contributed by atoms with Crippen molar-refractivity contribution in [3.63, 3.8) is 0 Å². The lowest BCUT2D eigenvalue weighted by molar-refractivity contribution is -0.955. The lowest BCUT2D eigenvalue weighted by Crippen LogP contribution is -3.21. The minimum absolute atomic E-state index is 0. The van der Waals surface area contributed by atoms with Gasteiger partial charge in [0.15, 0.2) is 0 Å². The molecule has 0 spiro atoms. The summed E-state index contributed by atoms with van der Waals surface area (Å²) in [4.78, 5) is 119. The number of amides is 4. The quantitative estimate of drug-likeness (QED) is 0.0159. The topological polar surface area (TPSA) is 329 Å². The van der Waals surface area contributed by atoms with Crippen LogP contribution in [0.3, 0.4) is 0 Å². The van der Waals surface area contributed by atoms with Gasteiger partial charge in [0.1, 0.15) is 58.3 Å². The number of carboxylic acids is 4. The van der Waals surface area contributed by atoms with Crippen molar-refractivity contribution >= 4 is 69.4 Å². The molecule has 0 saturated carbocycles. The molecular formula is C54H67BrCl2N6O18. The Morgan fingerprint density at radius 1 is 0.481 bits per heavy atom. The molecule has 1 atom stereocenters. The normalized spacial score (nSPS) is 10.9. The zero-order chi connectivity index (χ0) is 58.2. The number of rotatable bonds is 34. The molecule has 27 heteroatoms. The Hall–Kier alpha value is -7.71. The van der Waals surface area contributed by atoms with Gasteiger partial charge < -0.3 is 99.6 Å². The van der Waals surface area contributed by atoms with Gasteiger partial charge in [-0.15, -0.1) is 0 Å². The average Bonchev–Trinajstić information content (AvgIpc) is 3.43. The number of quaternary nitrogens is 2. The highest BCUT2D eigenvalue weighted by atomic mass is 79.9. The first-order chi connectivity index (χ1) is 37.8. The van der Waals surface area contributed by atoms with Crippen LogP contribution in [-0.4, -0.2) is 186 Å². The fourth-order valence-corrected chi connectivity index (χ4v) is 9.11. The highest BCUT2D eigenvalue weighted by molar-refractivity contribution is 9.10. The Morgan fingerprint density at radius 3 is 1.21 bits per heavy atom. The fourth-order valence-electron chi connectivity index (χ4n) is 8.65. The number of hydrogen-bond donors (Lipinski definition) is 9. The maximum absolute atomic E-state index is 14.6. The largest absolute Gasteiger partial charge is 1.00 e. The minimum Gasteiger partial charge on any atom is -1.00 e. The van der Waals surface area contributed by atoms with Crippen molar-refractivity contribution < 1.29 is 122 Å². The molecule has 0 heterocycles. The number of benzene rings is 4. The molecule has 0 fully saturated rings. The third kappa shape index (κ3) is 20.1. The zero-order valence-electron chi connectivity index (χ0n) is 45.2. The number of nitrogens with one attached hydrogen (secondary N) is 5. The van der Waals surface area contributed by atoms with Gasteiger partial charge in [0.25, 0.3) is 23.6 Å². The number of esters is 1. The average molecular weight is 1240 g/mol. The monoisotopic (exact) mass is 1240 g/mol. The van der Waals surface area contributed by atoms with Crippen LogP contribution in [-0.2, 0) is 9.53 Å². The second kappa shape index (κ2) is 35.1. The standard InChI is InChI=1S/C54H65BrN6O18.2ClH/c1-6-79-42(62)19-8-7-9-23-61(50(66)40-31-33(55)32-41(54(73)74)46(40)78-5)30-29-60(26-22-58-49(65)36-15-12-18-39(53(71)72)45(36)77-4)28-27-59(24-20-56-47(63)34-13-10-16-37(51(67)68)43(34)75-2)25-21-57-48(64)35-14-11-17-38(52(69)70)44(35)76-3;;/h10-18,31-32H,6-9,19-30H2,1-5H3,(H,56,63)(H,57,64)(H,58,65)(H,67,68)(H,69,70)(H,71,72)(H,73,74);2*1H. The molecule has 81 heavy (non-hydrogen) atoms. The van der Waals surface area contributed by atoms with Gasteiger partial charge in [-0.05, 0) is 68.3 Å². The number of methoxy groups -OCH3 is 4. The number of carbonyl (C=O) groups is 9. The fraction of sp³-hybridized carbons (Fsp3) is 0.389. The number of hydrogen-bond acceptors (Lipinski definition) is 14. The van der Waals surface area contributed by atoms with Gasteiger partial charge in [0.2, 0.25) is 0 Å². The maximum atomic E-state index is 14.6. The van der Waals surface area contributed by atoms with Crippen molar-refractivity contribution in [2.75, 3.05) is 107 Å². The van der Waals surface area contributed by atoms with E-state index in [1.54, 1.807) is 11.8 Å². The van der Waals surface area contributed by atoms with E-state index < -0.39 is 47.5 Å². The van der Waals surface area contributed by atoms with Crippen LogP contribution in [0.5, 0.6) is 23.0 Å². The Kier molecular flexibility index (Phi) is 30.1. The van der Waals surface area contributed by atoms with E-state index in [9.17, 15) is 63.6 Å². The lowest BCUT2D eigenvalue weighted by Gasteiger charge is -2.28. The predicted octanol–water partition coefficient (Wildman–Crippen LogP) is -4.09. The number of carbonyl (C=O) groups excluding carboxylic acids is 5. The molecule has 0 aliphatic rings. The molecule has 0 aliphatic heterocycles. The van der Waals surface area contributed by atoms with Gasteiger partial charge in [-0.1, -0.05) is 40.5 Å². The van der Waals surface area contributed by atoms with E-state index in [1.165, 1.54) is 95.2 Å². The molecule has 24 nitrogen and oxygen atoms in total. The molecule has 1 unspecified atom stereocenters. The Morgan fingerprint density at radius 2 is 0.840 bits per heavy atom. The summed E-state index contributed by atoms with van der Waals surface area (Å²) < 4.78 is 26.8. The van der Waals surface area contributed by atoms with Gasteiger partial charge in [0, 0.05) is 17.4 Å². The van der Waals surface area contributed by atoms with E-state index in [1.807, 2.05) is 0 Å². The van der Waals surface area contributed by atoms with Crippen molar-refractivity contribution in [2.45, 2.75) is 32.6 Å². The van der Waals surface area contributed by atoms with Gasteiger partial charge in [-0.25, -0.2) is 19.2 Å². The molecule has 4 rings (SSSR count). The third-order valence-electron chi connectivity index (χ3n) is 12.6. The van der Waals surface area contributed by atoms with E-state index in [0.29, 0.717) is 36.8 Å². The predicted molar refractivity (Wildman–Crippen MR) is 287 cm³/mol. The lowest BCUT2D eigenvalue weighted by atomic mass is 10.1. The third-order valence-corrected chi connectivity index (χ3v) is 13.0. The molecular weight excluding hydrogens is 1170 g/mol. The van der Waals surface area contributed by atoms with E-state index in [-0.39, 0.29) is 170 Å². The Bertz CT molecular complexity index is 2780. The van der Waals surface area contributed by atoms with Gasteiger partial charge in [-0.2, -0.15) is 0 Å². The van der Waals surface area contributed by atoms with Gasteiger partial charge in [-0.3, -0.25) is 24.0 Å². The molecule has 4 aromatic carbocycles. The van der Waals surface area contributed by atoms with E-state index in [4.69, 9.17) is 23.7 Å². The van der Waals surface area contributed by atoms with E-state index in [0.717, 1.165) is 9.80 Å². The second-order valence-corrected chi connectivity index (χ2v) is 18.5. The molecule has 0 aromatic heterocycles. The summed E-state index contributed by atoms with van der Waals surface area (Å²) in [6, 6.07) is 15.2. The zero-order valence-corrected chi connectivity index (χ0v) is 48.3. The van der Waals surface area contributed by atoms with Gasteiger partial charge in [0.05, 0.1) is 110 Å². The van der Waals surface area contributed by atoms with Crippen LogP contribution in [0.1, 0.15) is 115 Å². The number of carboxylic acid groups (broad SMARTS) is 4. The summed E-state index contributed by atoms with van der Waals surface area (Å²) in [5.74, 6) is -8.53. The first-order valence-corrected chi connectivity index (χ1v) is 25.9. The number of nitrogens with zero attached hydrogens (tertiary/aromatic N) is 1. The SMILES string of the molecule is CCOC(=O)CCCCCN(CC[NH+](CCNC(=O)c1cccc(C(=O)O)c1OC)CC[NH+](CCNC(=O)c1cccc(C(=O)O)c1OC)CCNC(=O)c1cccc(C(=O)O)c1OC)C(=O)c1cc(Br)cc(C(=O)O)c1OC.[Cl-].[Cl-]. The summed E-state index contributed by atoms with van der Waals surface area (Å²) >= 11 is 3.33. The van der Waals surface area contributed by atoms with Crippen molar-refractivity contribution in [2.24, 2.45) is 0 Å². The summed E-state index contributed by atoms with van der Waals surface area (Å²) in [6.45, 7) is 3.97. The summed E-state index contributed by atoms with van der Waals surface area (Å²) in [5, 5.41) is 47.7. The summed E-state index contributed by atoms with van der Waals surface area (Å²) in [5.41, 5.74) is -0.982. The van der Waals surface area contributed by atoms with E-state index >= 15 is 0 Å². The number of ether oxygens (including phenoxy) is 5. The Labute approximate surface area is 488 Å².